The number of aryl methyl sites for hydroxylation is 1. The third-order valence-electron chi connectivity index (χ3n) is 3.08. The second kappa shape index (κ2) is 5.58. The molecular formula is C16H13N3O2. The number of para-hydroxylation sites is 1. The smallest absolute Gasteiger partial charge is 0.410 e. The van der Waals surface area contributed by atoms with Crippen LogP contribution in [0.1, 0.15) is 5.56 Å². The van der Waals surface area contributed by atoms with E-state index in [1.54, 1.807) is 24.5 Å². The van der Waals surface area contributed by atoms with Crippen LogP contribution >= 0.6 is 0 Å². The van der Waals surface area contributed by atoms with E-state index in [9.17, 15) is 4.79 Å². The molecule has 0 radical (unpaired) electrons. The fraction of sp³-hybridized carbons (Fsp3) is 0.0625. The van der Waals surface area contributed by atoms with Crippen LogP contribution in [0.15, 0.2) is 54.9 Å². The Morgan fingerprint density at radius 1 is 1.05 bits per heavy atom. The van der Waals surface area contributed by atoms with Gasteiger partial charge < -0.3 is 4.74 Å². The van der Waals surface area contributed by atoms with E-state index >= 15 is 0 Å². The topological polar surface area (TPSA) is 64.1 Å². The minimum absolute atomic E-state index is 0.499. The van der Waals surface area contributed by atoms with Gasteiger partial charge in [0, 0.05) is 16.5 Å². The van der Waals surface area contributed by atoms with Gasteiger partial charge in [0.05, 0.1) is 12.4 Å². The van der Waals surface area contributed by atoms with Crippen LogP contribution in [0.5, 0.6) is 5.75 Å². The first-order valence-electron chi connectivity index (χ1n) is 6.47. The quantitative estimate of drug-likeness (QED) is 0.779. The van der Waals surface area contributed by atoms with E-state index in [1.165, 1.54) is 0 Å². The van der Waals surface area contributed by atoms with E-state index in [1.807, 2.05) is 37.3 Å². The lowest BCUT2D eigenvalue weighted by Crippen LogP contribution is -2.17. The van der Waals surface area contributed by atoms with Gasteiger partial charge in [-0.25, -0.2) is 4.79 Å². The number of anilines is 1. The number of hydrogen-bond donors (Lipinski definition) is 1. The summed E-state index contributed by atoms with van der Waals surface area (Å²) in [6.45, 7) is 1.91. The maximum atomic E-state index is 11.9. The summed E-state index contributed by atoms with van der Waals surface area (Å²) in [7, 11) is 0. The van der Waals surface area contributed by atoms with Crippen LogP contribution in [-0.4, -0.2) is 16.3 Å². The van der Waals surface area contributed by atoms with Crippen molar-refractivity contribution in [1.82, 2.24) is 10.2 Å². The summed E-state index contributed by atoms with van der Waals surface area (Å²) in [5, 5.41) is 12.3. The average molecular weight is 279 g/mol. The Kier molecular flexibility index (Phi) is 3.47. The number of aromatic nitrogens is 2. The van der Waals surface area contributed by atoms with Gasteiger partial charge in [0.25, 0.3) is 0 Å². The highest BCUT2D eigenvalue weighted by atomic mass is 16.6. The van der Waals surface area contributed by atoms with Crippen LogP contribution in [0.2, 0.25) is 0 Å². The second-order valence-electron chi connectivity index (χ2n) is 4.61. The van der Waals surface area contributed by atoms with Crippen LogP contribution in [0.3, 0.4) is 0 Å². The van der Waals surface area contributed by atoms with Crippen molar-refractivity contribution in [2.24, 2.45) is 0 Å². The normalized spacial score (nSPS) is 10.3. The van der Waals surface area contributed by atoms with Crippen LogP contribution in [0.25, 0.3) is 10.8 Å². The molecule has 1 N–H and O–H groups in total. The van der Waals surface area contributed by atoms with Gasteiger partial charge in [-0.2, -0.15) is 10.2 Å². The monoisotopic (exact) mass is 279 g/mol. The Morgan fingerprint density at radius 3 is 2.43 bits per heavy atom. The maximum Gasteiger partial charge on any atom is 0.417 e. The third kappa shape index (κ3) is 2.97. The summed E-state index contributed by atoms with van der Waals surface area (Å²) in [6, 6.07) is 12.7. The molecule has 1 aromatic heterocycles. The highest BCUT2D eigenvalue weighted by molar-refractivity contribution is 5.92. The zero-order valence-corrected chi connectivity index (χ0v) is 11.4. The molecule has 3 rings (SSSR count). The van der Waals surface area contributed by atoms with Crippen molar-refractivity contribution in [3.63, 3.8) is 0 Å². The van der Waals surface area contributed by atoms with Gasteiger partial charge in [0.2, 0.25) is 0 Å². The molecule has 104 valence electrons. The van der Waals surface area contributed by atoms with Crippen molar-refractivity contribution in [3.8, 4) is 5.75 Å². The molecule has 0 unspecified atom stereocenters. The van der Waals surface area contributed by atoms with Gasteiger partial charge in [-0.3, -0.25) is 5.32 Å². The van der Waals surface area contributed by atoms with Crippen molar-refractivity contribution in [1.29, 1.82) is 0 Å². The van der Waals surface area contributed by atoms with E-state index in [2.05, 4.69) is 15.5 Å². The molecule has 0 aliphatic rings. The van der Waals surface area contributed by atoms with Gasteiger partial charge >= 0.3 is 6.09 Å². The van der Waals surface area contributed by atoms with E-state index < -0.39 is 6.09 Å². The predicted octanol–water partition coefficient (Wildman–Crippen LogP) is 3.55. The summed E-state index contributed by atoms with van der Waals surface area (Å²) < 4.78 is 5.21. The molecule has 1 heterocycles. The van der Waals surface area contributed by atoms with E-state index in [0.29, 0.717) is 11.4 Å². The molecule has 0 saturated carbocycles. The van der Waals surface area contributed by atoms with Gasteiger partial charge in [-0.05, 0) is 36.8 Å². The third-order valence-corrected chi connectivity index (χ3v) is 3.08. The highest BCUT2D eigenvalue weighted by Crippen LogP contribution is 2.22. The number of nitrogens with one attached hydrogen (secondary N) is 1. The Hall–Kier alpha value is -2.95. The molecule has 2 aromatic carbocycles. The largest absolute Gasteiger partial charge is 0.417 e. The number of benzene rings is 2. The molecule has 0 saturated heterocycles. The summed E-state index contributed by atoms with van der Waals surface area (Å²) >= 11 is 0. The maximum absolute atomic E-state index is 11.9. The van der Waals surface area contributed by atoms with Crippen molar-refractivity contribution < 1.29 is 9.53 Å². The summed E-state index contributed by atoms with van der Waals surface area (Å²) in [5.41, 5.74) is 1.62. The fourth-order valence-corrected chi connectivity index (χ4v) is 2.03. The predicted molar refractivity (Wildman–Crippen MR) is 80.4 cm³/mol. The molecule has 5 nitrogen and oxygen atoms in total. The zero-order valence-electron chi connectivity index (χ0n) is 11.4. The van der Waals surface area contributed by atoms with Crippen LogP contribution in [-0.2, 0) is 0 Å². The standard InChI is InChI=1S/C16H13N3O2/c1-11-7-12-9-17-18-10-13(12)8-15(11)19-16(20)21-14-5-3-2-4-6-14/h2-10H,1H3,(H,19,20). The number of carbonyl (C=O) groups excluding carboxylic acids is 1. The lowest BCUT2D eigenvalue weighted by atomic mass is 10.1. The minimum Gasteiger partial charge on any atom is -0.410 e. The SMILES string of the molecule is Cc1cc2cnncc2cc1NC(=O)Oc1ccccc1. The van der Waals surface area contributed by atoms with Crippen molar-refractivity contribution in [3.05, 3.63) is 60.4 Å². The number of hydrogen-bond acceptors (Lipinski definition) is 4. The van der Waals surface area contributed by atoms with Crippen LogP contribution in [0.4, 0.5) is 10.5 Å². The van der Waals surface area contributed by atoms with Crippen LogP contribution in [0, 0.1) is 6.92 Å². The van der Waals surface area contributed by atoms with Crippen LogP contribution < -0.4 is 10.1 Å². The Bertz CT molecular complexity index is 788. The number of amides is 1. The molecular weight excluding hydrogens is 266 g/mol. The summed E-state index contributed by atoms with van der Waals surface area (Å²) in [4.78, 5) is 11.9. The van der Waals surface area contributed by atoms with Gasteiger partial charge in [-0.15, -0.1) is 0 Å². The first-order valence-corrected chi connectivity index (χ1v) is 6.47. The summed E-state index contributed by atoms with van der Waals surface area (Å²) in [5.74, 6) is 0.499. The van der Waals surface area contributed by atoms with Gasteiger partial charge in [0.15, 0.2) is 0 Å². The van der Waals surface area contributed by atoms with Crippen molar-refractivity contribution in [2.75, 3.05) is 5.32 Å². The molecule has 0 fully saturated rings. The number of nitrogens with zero attached hydrogens (tertiary/aromatic N) is 2. The fourth-order valence-electron chi connectivity index (χ4n) is 2.03. The molecule has 0 bridgehead atoms. The van der Waals surface area contributed by atoms with E-state index in [0.717, 1.165) is 16.3 Å². The number of ether oxygens (including phenoxy) is 1. The highest BCUT2D eigenvalue weighted by Gasteiger charge is 2.08. The zero-order chi connectivity index (χ0) is 14.7. The minimum atomic E-state index is -0.523. The molecule has 21 heavy (non-hydrogen) atoms. The van der Waals surface area contributed by atoms with Gasteiger partial charge in [0.1, 0.15) is 5.75 Å². The molecule has 0 aliphatic carbocycles. The number of carbonyl (C=O) groups is 1. The molecule has 0 spiro atoms. The first-order chi connectivity index (χ1) is 10.2. The Morgan fingerprint density at radius 2 is 1.71 bits per heavy atom. The van der Waals surface area contributed by atoms with Crippen molar-refractivity contribution in [2.45, 2.75) is 6.92 Å². The summed E-state index contributed by atoms with van der Waals surface area (Å²) in [6.07, 6.45) is 2.82. The van der Waals surface area contributed by atoms with Gasteiger partial charge in [-0.1, -0.05) is 18.2 Å². The first kappa shape index (κ1) is 13.1. The molecule has 5 heteroatoms. The van der Waals surface area contributed by atoms with Crippen molar-refractivity contribution >= 4 is 22.6 Å². The second-order valence-corrected chi connectivity index (χ2v) is 4.61. The Labute approximate surface area is 121 Å². The van der Waals surface area contributed by atoms with E-state index in [-0.39, 0.29) is 0 Å². The Balaban J connectivity index is 1.81. The average Bonchev–Trinajstić information content (AvgIpc) is 2.49. The van der Waals surface area contributed by atoms with E-state index in [4.69, 9.17) is 4.74 Å². The number of rotatable bonds is 2. The molecule has 1 amide bonds. The lowest BCUT2D eigenvalue weighted by Gasteiger charge is -2.10. The number of fused-ring (bicyclic) bond motifs is 1. The molecule has 0 atom stereocenters. The molecule has 0 aliphatic heterocycles. The molecule has 3 aromatic rings. The lowest BCUT2D eigenvalue weighted by molar-refractivity contribution is 0.215.